The van der Waals surface area contributed by atoms with E-state index in [1.54, 1.807) is 6.20 Å². The number of rotatable bonds is 2. The highest BCUT2D eigenvalue weighted by Crippen LogP contribution is 2.33. The molecule has 0 unspecified atom stereocenters. The molecule has 6 nitrogen and oxygen atoms in total. The van der Waals surface area contributed by atoms with Crippen LogP contribution in [0.4, 0.5) is 19.1 Å². The van der Waals surface area contributed by atoms with Crippen molar-refractivity contribution in [1.29, 1.82) is 0 Å². The lowest BCUT2D eigenvalue weighted by Gasteiger charge is -2.31. The van der Waals surface area contributed by atoms with Gasteiger partial charge in [-0.3, -0.25) is 4.79 Å². The fourth-order valence-corrected chi connectivity index (χ4v) is 3.47. The van der Waals surface area contributed by atoms with Gasteiger partial charge < -0.3 is 14.5 Å². The number of alkyl halides is 3. The zero-order chi connectivity index (χ0) is 19.7. The second-order valence-corrected chi connectivity index (χ2v) is 6.76. The van der Waals surface area contributed by atoms with E-state index in [0.29, 0.717) is 50.9 Å². The fourth-order valence-electron chi connectivity index (χ4n) is 3.47. The van der Waals surface area contributed by atoms with Crippen LogP contribution < -0.4 is 4.90 Å². The highest BCUT2D eigenvalue weighted by Gasteiger charge is 2.36. The average molecular weight is 392 g/mol. The number of hydrogen-bond acceptors (Lipinski definition) is 5. The molecule has 148 valence electrons. The lowest BCUT2D eigenvalue weighted by atomic mass is 10.0. The molecule has 1 fully saturated rings. The Morgan fingerprint density at radius 1 is 1.11 bits per heavy atom. The van der Waals surface area contributed by atoms with Crippen LogP contribution in [-0.2, 0) is 23.9 Å². The molecule has 9 heteroatoms. The Morgan fingerprint density at radius 3 is 2.61 bits per heavy atom. The topological polar surface area (TPSA) is 58.6 Å². The van der Waals surface area contributed by atoms with Crippen molar-refractivity contribution in [2.24, 2.45) is 0 Å². The van der Waals surface area contributed by atoms with Crippen molar-refractivity contribution in [2.75, 3.05) is 37.7 Å². The summed E-state index contributed by atoms with van der Waals surface area (Å²) in [6, 6.07) is 4.88. The van der Waals surface area contributed by atoms with E-state index in [1.165, 1.54) is 23.1 Å². The summed E-state index contributed by atoms with van der Waals surface area (Å²) in [4.78, 5) is 25.2. The van der Waals surface area contributed by atoms with E-state index in [2.05, 4.69) is 9.97 Å². The van der Waals surface area contributed by atoms with E-state index in [0.717, 1.165) is 11.6 Å². The van der Waals surface area contributed by atoms with Gasteiger partial charge in [0.1, 0.15) is 0 Å². The number of carbonyl (C=O) groups excluding carboxylic acids is 1. The van der Waals surface area contributed by atoms with Gasteiger partial charge in [0.2, 0.25) is 5.95 Å². The molecule has 0 bridgehead atoms. The molecular weight excluding hydrogens is 373 g/mol. The van der Waals surface area contributed by atoms with Crippen molar-refractivity contribution < 1.29 is 22.7 Å². The standard InChI is InChI=1S/C19H19F3N4O2/c20-19(21,22)15-4-2-1-3-14(15)17(27)26-6-5-13-11-23-18(24-16(13)12-26)25-7-9-28-10-8-25/h1-4,11H,5-10,12H2. The minimum absolute atomic E-state index is 0.167. The Hall–Kier alpha value is -2.68. The number of nitrogens with zero attached hydrogens (tertiary/aromatic N) is 4. The Labute approximate surface area is 159 Å². The van der Waals surface area contributed by atoms with E-state index in [9.17, 15) is 18.0 Å². The quantitative estimate of drug-likeness (QED) is 0.786. The monoisotopic (exact) mass is 392 g/mol. The maximum absolute atomic E-state index is 13.3. The summed E-state index contributed by atoms with van der Waals surface area (Å²) >= 11 is 0. The third kappa shape index (κ3) is 3.66. The molecule has 28 heavy (non-hydrogen) atoms. The molecular formula is C19H19F3N4O2. The Balaban J connectivity index is 1.58. The van der Waals surface area contributed by atoms with E-state index in [4.69, 9.17) is 4.74 Å². The number of amides is 1. The Bertz CT molecular complexity index is 882. The second-order valence-electron chi connectivity index (χ2n) is 6.76. The van der Waals surface area contributed by atoms with Gasteiger partial charge in [-0.1, -0.05) is 12.1 Å². The lowest BCUT2D eigenvalue weighted by Crippen LogP contribution is -2.39. The molecule has 0 radical (unpaired) electrons. The van der Waals surface area contributed by atoms with E-state index in [-0.39, 0.29) is 12.1 Å². The van der Waals surface area contributed by atoms with Gasteiger partial charge in [-0.2, -0.15) is 13.2 Å². The van der Waals surface area contributed by atoms with Crippen LogP contribution in [0.1, 0.15) is 27.2 Å². The van der Waals surface area contributed by atoms with E-state index >= 15 is 0 Å². The molecule has 1 saturated heterocycles. The molecule has 1 aromatic carbocycles. The molecule has 1 aromatic heterocycles. The van der Waals surface area contributed by atoms with Crippen LogP contribution in [0.25, 0.3) is 0 Å². The molecule has 2 aliphatic heterocycles. The van der Waals surface area contributed by atoms with Gasteiger partial charge in [-0.25, -0.2) is 9.97 Å². The number of hydrogen-bond donors (Lipinski definition) is 0. The molecule has 0 aliphatic carbocycles. The summed E-state index contributed by atoms with van der Waals surface area (Å²) in [5.41, 5.74) is 0.356. The normalized spacial score (nSPS) is 17.4. The van der Waals surface area contributed by atoms with Crippen molar-refractivity contribution in [1.82, 2.24) is 14.9 Å². The predicted octanol–water partition coefficient (Wildman–Crippen LogP) is 2.53. The summed E-state index contributed by atoms with van der Waals surface area (Å²) in [6.07, 6.45) is -2.32. The van der Waals surface area contributed by atoms with Gasteiger partial charge in [0.25, 0.3) is 5.91 Å². The molecule has 2 aliphatic rings. The Morgan fingerprint density at radius 2 is 1.86 bits per heavy atom. The maximum Gasteiger partial charge on any atom is 0.417 e. The number of aromatic nitrogens is 2. The van der Waals surface area contributed by atoms with Crippen LogP contribution in [0, 0.1) is 0 Å². The minimum Gasteiger partial charge on any atom is -0.378 e. The van der Waals surface area contributed by atoms with Crippen molar-refractivity contribution in [2.45, 2.75) is 19.1 Å². The number of halogens is 3. The number of benzene rings is 1. The summed E-state index contributed by atoms with van der Waals surface area (Å²) < 4.78 is 45.1. The van der Waals surface area contributed by atoms with Gasteiger partial charge in [-0.05, 0) is 24.1 Å². The van der Waals surface area contributed by atoms with Gasteiger partial charge >= 0.3 is 6.18 Å². The number of fused-ring (bicyclic) bond motifs is 1. The maximum atomic E-state index is 13.3. The second kappa shape index (κ2) is 7.38. The number of morpholine rings is 1. The highest BCUT2D eigenvalue weighted by molar-refractivity contribution is 5.96. The average Bonchev–Trinajstić information content (AvgIpc) is 2.72. The molecule has 4 rings (SSSR count). The molecule has 2 aromatic rings. The van der Waals surface area contributed by atoms with Crippen molar-refractivity contribution in [3.63, 3.8) is 0 Å². The van der Waals surface area contributed by atoms with Crippen LogP contribution in [0.5, 0.6) is 0 Å². The highest BCUT2D eigenvalue weighted by atomic mass is 19.4. The first kappa shape index (κ1) is 18.7. The smallest absolute Gasteiger partial charge is 0.378 e. The molecule has 0 N–H and O–H groups in total. The summed E-state index contributed by atoms with van der Waals surface area (Å²) in [5, 5.41) is 0. The van der Waals surface area contributed by atoms with Crippen LogP contribution in [-0.4, -0.2) is 53.6 Å². The van der Waals surface area contributed by atoms with Gasteiger partial charge in [-0.15, -0.1) is 0 Å². The first-order valence-corrected chi connectivity index (χ1v) is 9.06. The van der Waals surface area contributed by atoms with Crippen molar-refractivity contribution in [3.8, 4) is 0 Å². The minimum atomic E-state index is -4.58. The fraction of sp³-hybridized carbons (Fsp3) is 0.421. The van der Waals surface area contributed by atoms with Crippen LogP contribution in [0.3, 0.4) is 0 Å². The third-order valence-corrected chi connectivity index (χ3v) is 4.98. The predicted molar refractivity (Wildman–Crippen MR) is 95.0 cm³/mol. The number of ether oxygens (including phenoxy) is 1. The molecule has 1 amide bonds. The van der Waals surface area contributed by atoms with Gasteiger partial charge in [0, 0.05) is 25.8 Å². The SMILES string of the molecule is O=C(c1ccccc1C(F)(F)F)N1CCc2cnc(N3CCOCC3)nc2C1. The Kier molecular flexibility index (Phi) is 4.92. The molecule has 0 spiro atoms. The lowest BCUT2D eigenvalue weighted by molar-refractivity contribution is -0.138. The molecule has 0 atom stereocenters. The third-order valence-electron chi connectivity index (χ3n) is 4.98. The van der Waals surface area contributed by atoms with Crippen LogP contribution >= 0.6 is 0 Å². The van der Waals surface area contributed by atoms with Gasteiger partial charge in [0.15, 0.2) is 0 Å². The van der Waals surface area contributed by atoms with E-state index < -0.39 is 17.6 Å². The molecule has 3 heterocycles. The van der Waals surface area contributed by atoms with Crippen molar-refractivity contribution >= 4 is 11.9 Å². The summed E-state index contributed by atoms with van der Waals surface area (Å²) in [6.45, 7) is 3.05. The summed E-state index contributed by atoms with van der Waals surface area (Å²) in [7, 11) is 0. The molecule has 0 saturated carbocycles. The number of carbonyl (C=O) groups is 1. The van der Waals surface area contributed by atoms with Gasteiger partial charge in [0.05, 0.1) is 36.6 Å². The zero-order valence-electron chi connectivity index (χ0n) is 15.1. The first-order chi connectivity index (χ1) is 13.4. The van der Waals surface area contributed by atoms with Crippen molar-refractivity contribution in [3.05, 3.63) is 52.8 Å². The van der Waals surface area contributed by atoms with Crippen LogP contribution in [0.15, 0.2) is 30.5 Å². The number of anilines is 1. The zero-order valence-corrected chi connectivity index (χ0v) is 15.1. The van der Waals surface area contributed by atoms with E-state index in [1.807, 2.05) is 4.90 Å². The summed E-state index contributed by atoms with van der Waals surface area (Å²) in [5.74, 6) is -0.0721. The largest absolute Gasteiger partial charge is 0.417 e. The first-order valence-electron chi connectivity index (χ1n) is 9.06. The van der Waals surface area contributed by atoms with Crippen LogP contribution in [0.2, 0.25) is 0 Å².